The predicted molar refractivity (Wildman–Crippen MR) is 64.2 cm³/mol. The number of ether oxygens (including phenoxy) is 1. The van der Waals surface area contributed by atoms with Crippen molar-refractivity contribution in [2.75, 3.05) is 11.9 Å². The Morgan fingerprint density at radius 1 is 1.44 bits per heavy atom. The molecule has 0 saturated heterocycles. The molecule has 0 aliphatic carbocycles. The molecule has 1 unspecified atom stereocenters. The number of hydrogen-bond donors (Lipinski definition) is 2. The van der Waals surface area contributed by atoms with Gasteiger partial charge in [0.1, 0.15) is 11.6 Å². The summed E-state index contributed by atoms with van der Waals surface area (Å²) in [6.07, 6.45) is 0. The second-order valence-electron chi connectivity index (χ2n) is 3.71. The molecule has 0 bridgehead atoms. The molecule has 8 nitrogen and oxygen atoms in total. The van der Waals surface area contributed by atoms with Crippen molar-refractivity contribution in [1.82, 2.24) is 30.6 Å². The van der Waals surface area contributed by atoms with Crippen molar-refractivity contribution >= 4 is 5.82 Å². The first-order valence-corrected chi connectivity index (χ1v) is 5.67. The monoisotopic (exact) mass is 249 g/mol. The smallest absolute Gasteiger partial charge is 0.218 e. The van der Waals surface area contributed by atoms with E-state index in [2.05, 4.69) is 35.9 Å². The Morgan fingerprint density at radius 2 is 2.28 bits per heavy atom. The van der Waals surface area contributed by atoms with Gasteiger partial charge in [-0.2, -0.15) is 10.2 Å². The lowest BCUT2D eigenvalue weighted by molar-refractivity contribution is 0.325. The molecule has 18 heavy (non-hydrogen) atoms. The highest BCUT2D eigenvalue weighted by Crippen LogP contribution is 2.17. The number of H-pyrrole nitrogens is 1. The van der Waals surface area contributed by atoms with Crippen molar-refractivity contribution in [2.24, 2.45) is 0 Å². The number of nitrogens with zero attached hydrogens (tertiary/aromatic N) is 5. The van der Waals surface area contributed by atoms with Crippen LogP contribution in [0.2, 0.25) is 0 Å². The summed E-state index contributed by atoms with van der Waals surface area (Å²) < 4.78 is 5.36. The molecule has 96 valence electrons. The first-order chi connectivity index (χ1) is 8.69. The van der Waals surface area contributed by atoms with Gasteiger partial charge in [0.2, 0.25) is 5.88 Å². The van der Waals surface area contributed by atoms with Crippen LogP contribution in [0.3, 0.4) is 0 Å². The summed E-state index contributed by atoms with van der Waals surface area (Å²) in [7, 11) is 0. The van der Waals surface area contributed by atoms with E-state index in [1.165, 1.54) is 0 Å². The second kappa shape index (κ2) is 5.39. The van der Waals surface area contributed by atoms with Crippen LogP contribution in [0.1, 0.15) is 31.5 Å². The molecule has 2 rings (SSSR count). The molecule has 0 aliphatic rings. The third-order valence-electron chi connectivity index (χ3n) is 2.22. The SMILES string of the molecule is CCOc1cc(NC(C)c2nn[nH]n2)nc(C)n1. The number of aromatic amines is 1. The highest BCUT2D eigenvalue weighted by molar-refractivity contribution is 5.39. The van der Waals surface area contributed by atoms with Crippen molar-refractivity contribution < 1.29 is 4.74 Å². The average molecular weight is 249 g/mol. The van der Waals surface area contributed by atoms with Gasteiger partial charge in [0.15, 0.2) is 5.82 Å². The van der Waals surface area contributed by atoms with Crippen LogP contribution in [0.15, 0.2) is 6.07 Å². The van der Waals surface area contributed by atoms with Crippen LogP contribution in [0.25, 0.3) is 0 Å². The van der Waals surface area contributed by atoms with Crippen LogP contribution in [0.4, 0.5) is 5.82 Å². The lowest BCUT2D eigenvalue weighted by Crippen LogP contribution is -2.11. The van der Waals surface area contributed by atoms with E-state index in [-0.39, 0.29) is 6.04 Å². The molecule has 2 heterocycles. The Hall–Kier alpha value is -2.25. The molecule has 2 aromatic rings. The summed E-state index contributed by atoms with van der Waals surface area (Å²) in [4.78, 5) is 8.45. The number of nitrogens with one attached hydrogen (secondary N) is 2. The fourth-order valence-electron chi connectivity index (χ4n) is 1.48. The minimum Gasteiger partial charge on any atom is -0.478 e. The minimum atomic E-state index is -0.104. The van der Waals surface area contributed by atoms with Crippen LogP contribution in [-0.4, -0.2) is 37.2 Å². The lowest BCUT2D eigenvalue weighted by Gasteiger charge is -2.12. The van der Waals surface area contributed by atoms with Crippen molar-refractivity contribution in [3.63, 3.8) is 0 Å². The molecule has 0 aromatic carbocycles. The van der Waals surface area contributed by atoms with Crippen LogP contribution >= 0.6 is 0 Å². The van der Waals surface area contributed by atoms with Gasteiger partial charge in [-0.05, 0) is 20.8 Å². The largest absolute Gasteiger partial charge is 0.478 e. The molecular formula is C10H15N7O. The van der Waals surface area contributed by atoms with E-state index >= 15 is 0 Å². The van der Waals surface area contributed by atoms with Gasteiger partial charge in [-0.25, -0.2) is 4.98 Å². The minimum absolute atomic E-state index is 0.104. The number of aromatic nitrogens is 6. The summed E-state index contributed by atoms with van der Waals surface area (Å²) in [6, 6.07) is 1.64. The maximum Gasteiger partial charge on any atom is 0.218 e. The van der Waals surface area contributed by atoms with E-state index in [1.54, 1.807) is 6.07 Å². The molecule has 0 amide bonds. The van der Waals surface area contributed by atoms with E-state index in [4.69, 9.17) is 4.74 Å². The highest BCUT2D eigenvalue weighted by Gasteiger charge is 2.11. The topological polar surface area (TPSA) is 102 Å². The molecule has 0 fully saturated rings. The molecule has 0 spiro atoms. The number of aryl methyl sites for hydroxylation is 1. The molecule has 2 N–H and O–H groups in total. The van der Waals surface area contributed by atoms with Crippen molar-refractivity contribution in [1.29, 1.82) is 0 Å². The Labute approximate surface area is 104 Å². The predicted octanol–water partition coefficient (Wildman–Crippen LogP) is 0.870. The molecule has 8 heteroatoms. The van der Waals surface area contributed by atoms with Crippen LogP contribution < -0.4 is 10.1 Å². The third kappa shape index (κ3) is 2.90. The summed E-state index contributed by atoms with van der Waals surface area (Å²) >= 11 is 0. The van der Waals surface area contributed by atoms with Gasteiger partial charge in [-0.1, -0.05) is 5.21 Å². The second-order valence-corrected chi connectivity index (χ2v) is 3.71. The standard InChI is InChI=1S/C10H15N7O/c1-4-18-9-5-8(12-7(3)13-9)11-6(2)10-14-16-17-15-10/h5-6H,4H2,1-3H3,(H,11,12,13)(H,14,15,16,17). The van der Waals surface area contributed by atoms with Gasteiger partial charge in [-0.15, -0.1) is 10.2 Å². The van der Waals surface area contributed by atoms with Crippen LogP contribution in [-0.2, 0) is 0 Å². The van der Waals surface area contributed by atoms with E-state index in [0.717, 1.165) is 0 Å². The van der Waals surface area contributed by atoms with E-state index in [1.807, 2.05) is 20.8 Å². The summed E-state index contributed by atoms with van der Waals surface area (Å²) in [5.41, 5.74) is 0. The maximum absolute atomic E-state index is 5.36. The summed E-state index contributed by atoms with van der Waals surface area (Å²) in [6.45, 7) is 6.21. The quantitative estimate of drug-likeness (QED) is 0.810. The fourth-order valence-corrected chi connectivity index (χ4v) is 1.48. The highest BCUT2D eigenvalue weighted by atomic mass is 16.5. The van der Waals surface area contributed by atoms with Crippen LogP contribution in [0.5, 0.6) is 5.88 Å². The van der Waals surface area contributed by atoms with Gasteiger partial charge in [0, 0.05) is 6.07 Å². The van der Waals surface area contributed by atoms with Crippen molar-refractivity contribution in [3.8, 4) is 5.88 Å². The molecule has 1 atom stereocenters. The van der Waals surface area contributed by atoms with Gasteiger partial charge in [-0.3, -0.25) is 0 Å². The maximum atomic E-state index is 5.36. The molecule has 0 radical (unpaired) electrons. The van der Waals surface area contributed by atoms with E-state index < -0.39 is 0 Å². The average Bonchev–Trinajstić information content (AvgIpc) is 2.81. The fraction of sp³-hybridized carbons (Fsp3) is 0.500. The zero-order valence-corrected chi connectivity index (χ0v) is 10.5. The Morgan fingerprint density at radius 3 is 2.94 bits per heavy atom. The number of tetrazole rings is 1. The Bertz CT molecular complexity index is 499. The zero-order chi connectivity index (χ0) is 13.0. The van der Waals surface area contributed by atoms with Crippen molar-refractivity contribution in [3.05, 3.63) is 17.7 Å². The third-order valence-corrected chi connectivity index (χ3v) is 2.22. The van der Waals surface area contributed by atoms with E-state index in [9.17, 15) is 0 Å². The van der Waals surface area contributed by atoms with Gasteiger partial charge in [0.05, 0.1) is 12.6 Å². The molecule has 0 aliphatic heterocycles. The zero-order valence-electron chi connectivity index (χ0n) is 10.5. The summed E-state index contributed by atoms with van der Waals surface area (Å²) in [5.74, 6) is 2.43. The summed E-state index contributed by atoms with van der Waals surface area (Å²) in [5, 5.41) is 16.9. The van der Waals surface area contributed by atoms with Crippen LogP contribution in [0, 0.1) is 6.92 Å². The normalized spacial score (nSPS) is 12.2. The van der Waals surface area contributed by atoms with Gasteiger partial charge >= 0.3 is 0 Å². The molecule has 0 saturated carbocycles. The number of hydrogen-bond acceptors (Lipinski definition) is 7. The van der Waals surface area contributed by atoms with Gasteiger partial charge in [0.25, 0.3) is 0 Å². The van der Waals surface area contributed by atoms with Crippen molar-refractivity contribution in [2.45, 2.75) is 26.8 Å². The Balaban J connectivity index is 2.13. The number of anilines is 1. The van der Waals surface area contributed by atoms with E-state index in [0.29, 0.717) is 30.0 Å². The Kier molecular flexibility index (Phi) is 3.66. The first-order valence-electron chi connectivity index (χ1n) is 5.67. The number of rotatable bonds is 5. The molecular weight excluding hydrogens is 234 g/mol. The lowest BCUT2D eigenvalue weighted by atomic mass is 10.3. The molecule has 2 aromatic heterocycles. The van der Waals surface area contributed by atoms with Gasteiger partial charge < -0.3 is 10.1 Å². The first kappa shape index (κ1) is 12.2.